The van der Waals surface area contributed by atoms with Gasteiger partial charge in [0.25, 0.3) is 11.6 Å². The molecule has 0 saturated heterocycles. The number of halogens is 1. The molecule has 0 aliphatic carbocycles. The molecule has 1 amide bonds. The number of hydrogen-bond acceptors (Lipinski definition) is 6. The van der Waals surface area contributed by atoms with Gasteiger partial charge in [0, 0.05) is 37.8 Å². The third-order valence-electron chi connectivity index (χ3n) is 3.88. The summed E-state index contributed by atoms with van der Waals surface area (Å²) in [6.45, 7) is -0.104. The Bertz CT molecular complexity index is 868. The highest BCUT2D eigenvalue weighted by molar-refractivity contribution is 6.30. The van der Waals surface area contributed by atoms with E-state index in [0.717, 1.165) is 11.6 Å². The molecule has 0 aliphatic rings. The van der Waals surface area contributed by atoms with Crippen LogP contribution in [0.5, 0.6) is 0 Å². The first-order chi connectivity index (χ1) is 13.3. The number of benzene rings is 2. The van der Waals surface area contributed by atoms with Crippen molar-refractivity contribution >= 4 is 34.9 Å². The van der Waals surface area contributed by atoms with Crippen molar-refractivity contribution in [1.29, 1.82) is 0 Å². The van der Waals surface area contributed by atoms with Gasteiger partial charge in [-0.3, -0.25) is 14.9 Å². The van der Waals surface area contributed by atoms with Gasteiger partial charge < -0.3 is 15.0 Å². The van der Waals surface area contributed by atoms with Crippen molar-refractivity contribution in [2.24, 2.45) is 0 Å². The number of carbonyl (C=O) groups is 2. The van der Waals surface area contributed by atoms with E-state index in [1.54, 1.807) is 31.1 Å². The van der Waals surface area contributed by atoms with E-state index in [1.165, 1.54) is 12.1 Å². The van der Waals surface area contributed by atoms with Gasteiger partial charge in [-0.2, -0.15) is 0 Å². The van der Waals surface area contributed by atoms with E-state index < -0.39 is 23.4 Å². The molecule has 9 heteroatoms. The molecule has 1 N–H and O–H groups in total. The molecule has 2 rings (SSSR count). The number of nitrogens with zero attached hydrogens (tertiary/aromatic N) is 2. The van der Waals surface area contributed by atoms with E-state index in [1.807, 2.05) is 12.1 Å². The van der Waals surface area contributed by atoms with Gasteiger partial charge in [0.2, 0.25) is 0 Å². The number of ether oxygens (including phenoxy) is 1. The van der Waals surface area contributed by atoms with Crippen LogP contribution in [0.25, 0.3) is 0 Å². The predicted octanol–water partition coefficient (Wildman–Crippen LogP) is 2.83. The van der Waals surface area contributed by atoms with Crippen LogP contribution in [0.2, 0.25) is 5.02 Å². The molecule has 8 nitrogen and oxygen atoms in total. The SMILES string of the molecule is CN(C)c1ccc([N+](=O)[O-])cc1C(=O)OCC(=O)NCCc1ccc(Cl)cc1. The normalized spacial score (nSPS) is 10.2. The molecule has 0 fully saturated rings. The maximum absolute atomic E-state index is 12.3. The molecule has 148 valence electrons. The van der Waals surface area contributed by atoms with Crippen LogP contribution in [0.15, 0.2) is 42.5 Å². The van der Waals surface area contributed by atoms with Crippen molar-refractivity contribution in [1.82, 2.24) is 5.32 Å². The van der Waals surface area contributed by atoms with Gasteiger partial charge in [0.05, 0.1) is 16.2 Å². The lowest BCUT2D eigenvalue weighted by molar-refractivity contribution is -0.384. The zero-order chi connectivity index (χ0) is 20.7. The van der Waals surface area contributed by atoms with Crippen LogP contribution in [-0.4, -0.2) is 44.0 Å². The van der Waals surface area contributed by atoms with E-state index >= 15 is 0 Å². The molecule has 0 spiro atoms. The summed E-state index contributed by atoms with van der Waals surface area (Å²) < 4.78 is 5.02. The lowest BCUT2D eigenvalue weighted by Gasteiger charge is -2.16. The smallest absolute Gasteiger partial charge is 0.341 e. The maximum Gasteiger partial charge on any atom is 0.341 e. The van der Waals surface area contributed by atoms with Gasteiger partial charge in [-0.15, -0.1) is 0 Å². The molecule has 2 aromatic rings. The fraction of sp³-hybridized carbons (Fsp3) is 0.263. The number of amides is 1. The van der Waals surface area contributed by atoms with Crippen molar-refractivity contribution in [3.05, 3.63) is 68.7 Å². The van der Waals surface area contributed by atoms with Crippen molar-refractivity contribution in [2.75, 3.05) is 32.1 Å². The molecule has 0 heterocycles. The fourth-order valence-electron chi connectivity index (χ4n) is 2.45. The third kappa shape index (κ3) is 5.95. The Hall–Kier alpha value is -3.13. The summed E-state index contributed by atoms with van der Waals surface area (Å²) >= 11 is 5.82. The van der Waals surface area contributed by atoms with Crippen LogP contribution in [0.3, 0.4) is 0 Å². The lowest BCUT2D eigenvalue weighted by Crippen LogP contribution is -2.30. The first kappa shape index (κ1) is 21.2. The largest absolute Gasteiger partial charge is 0.452 e. The highest BCUT2D eigenvalue weighted by Crippen LogP contribution is 2.24. The number of nitro groups is 1. The molecule has 0 bridgehead atoms. The van der Waals surface area contributed by atoms with Crippen molar-refractivity contribution in [3.63, 3.8) is 0 Å². The minimum atomic E-state index is -0.805. The Labute approximate surface area is 167 Å². The molecular formula is C19H20ClN3O5. The summed E-state index contributed by atoms with van der Waals surface area (Å²) in [5.41, 5.74) is 1.26. The number of nitro benzene ring substituents is 1. The summed E-state index contributed by atoms with van der Waals surface area (Å²) in [4.78, 5) is 36.2. The summed E-state index contributed by atoms with van der Waals surface area (Å²) in [7, 11) is 3.39. The number of hydrogen-bond donors (Lipinski definition) is 1. The Balaban J connectivity index is 1.90. The van der Waals surface area contributed by atoms with Gasteiger partial charge >= 0.3 is 5.97 Å². The van der Waals surface area contributed by atoms with Gasteiger partial charge in [0.1, 0.15) is 0 Å². The predicted molar refractivity (Wildman–Crippen MR) is 106 cm³/mol. The number of rotatable bonds is 8. The third-order valence-corrected chi connectivity index (χ3v) is 4.13. The highest BCUT2D eigenvalue weighted by Gasteiger charge is 2.20. The number of non-ortho nitro benzene ring substituents is 1. The van der Waals surface area contributed by atoms with Gasteiger partial charge in [-0.1, -0.05) is 23.7 Å². The second-order valence-corrected chi connectivity index (χ2v) is 6.59. The Morgan fingerprint density at radius 3 is 2.46 bits per heavy atom. The molecule has 0 aliphatic heterocycles. The van der Waals surface area contributed by atoms with E-state index in [9.17, 15) is 19.7 Å². The van der Waals surface area contributed by atoms with Crippen molar-refractivity contribution in [3.8, 4) is 0 Å². The minimum absolute atomic E-state index is 0.0214. The van der Waals surface area contributed by atoms with Gasteiger partial charge in [-0.25, -0.2) is 4.79 Å². The van der Waals surface area contributed by atoms with E-state index in [4.69, 9.17) is 16.3 Å². The van der Waals surface area contributed by atoms with E-state index in [2.05, 4.69) is 5.32 Å². The Morgan fingerprint density at radius 2 is 1.86 bits per heavy atom. The summed E-state index contributed by atoms with van der Waals surface area (Å²) in [5, 5.41) is 14.2. The number of nitrogens with one attached hydrogen (secondary N) is 1. The quantitative estimate of drug-likeness (QED) is 0.411. The van der Waals surface area contributed by atoms with Crippen molar-refractivity contribution in [2.45, 2.75) is 6.42 Å². The number of esters is 1. The van der Waals surface area contributed by atoms with Gasteiger partial charge in [0.15, 0.2) is 6.61 Å². The number of carbonyl (C=O) groups excluding carboxylic acids is 2. The highest BCUT2D eigenvalue weighted by atomic mass is 35.5. The van der Waals surface area contributed by atoms with Crippen LogP contribution in [0.1, 0.15) is 15.9 Å². The molecule has 0 atom stereocenters. The Morgan fingerprint density at radius 1 is 1.18 bits per heavy atom. The second kappa shape index (κ2) is 9.70. The van der Waals surface area contributed by atoms with Crippen LogP contribution in [0.4, 0.5) is 11.4 Å². The van der Waals surface area contributed by atoms with E-state index in [0.29, 0.717) is 23.7 Å². The number of anilines is 1. The van der Waals surface area contributed by atoms with E-state index in [-0.39, 0.29) is 11.3 Å². The molecule has 0 aromatic heterocycles. The zero-order valence-corrected chi connectivity index (χ0v) is 16.2. The average Bonchev–Trinajstić information content (AvgIpc) is 2.67. The average molecular weight is 406 g/mol. The maximum atomic E-state index is 12.3. The molecular weight excluding hydrogens is 386 g/mol. The summed E-state index contributed by atoms with van der Waals surface area (Å²) in [6, 6.07) is 11.1. The summed E-state index contributed by atoms with van der Waals surface area (Å²) in [6.07, 6.45) is 0.604. The molecule has 0 saturated carbocycles. The topological polar surface area (TPSA) is 102 Å². The molecule has 28 heavy (non-hydrogen) atoms. The van der Waals surface area contributed by atoms with Crippen LogP contribution < -0.4 is 10.2 Å². The first-order valence-corrected chi connectivity index (χ1v) is 8.79. The van der Waals surface area contributed by atoms with Crippen LogP contribution in [0, 0.1) is 10.1 Å². The molecule has 2 aromatic carbocycles. The Kier molecular flexibility index (Phi) is 7.34. The fourth-order valence-corrected chi connectivity index (χ4v) is 2.57. The lowest BCUT2D eigenvalue weighted by atomic mass is 10.1. The van der Waals surface area contributed by atoms with Crippen molar-refractivity contribution < 1.29 is 19.2 Å². The zero-order valence-electron chi connectivity index (χ0n) is 15.5. The summed E-state index contributed by atoms with van der Waals surface area (Å²) in [5.74, 6) is -1.26. The standard InChI is InChI=1S/C19H20ClN3O5/c1-22(2)17-8-7-15(23(26)27)11-16(17)19(25)28-12-18(24)21-10-9-13-3-5-14(20)6-4-13/h3-8,11H,9-10,12H2,1-2H3,(H,21,24). The molecule has 0 radical (unpaired) electrons. The molecule has 0 unspecified atom stereocenters. The van der Waals surface area contributed by atoms with Crippen LogP contribution in [-0.2, 0) is 16.0 Å². The first-order valence-electron chi connectivity index (χ1n) is 8.42. The minimum Gasteiger partial charge on any atom is -0.452 e. The van der Waals surface area contributed by atoms with Crippen LogP contribution >= 0.6 is 11.6 Å². The van der Waals surface area contributed by atoms with Gasteiger partial charge in [-0.05, 0) is 30.2 Å². The second-order valence-electron chi connectivity index (χ2n) is 6.16. The monoisotopic (exact) mass is 405 g/mol.